The second-order valence-corrected chi connectivity index (χ2v) is 3.67. The predicted molar refractivity (Wildman–Crippen MR) is 68.0 cm³/mol. The average molecular weight is 257 g/mol. The zero-order valence-electron chi connectivity index (χ0n) is 9.55. The van der Waals surface area contributed by atoms with Crippen molar-refractivity contribution in [2.45, 2.75) is 13.8 Å². The maximum Gasteiger partial charge on any atom is 0.186 e. The van der Waals surface area contributed by atoms with Crippen LogP contribution in [-0.2, 0) is 0 Å². The molecule has 1 aromatic carbocycles. The van der Waals surface area contributed by atoms with Gasteiger partial charge in [0, 0.05) is 6.54 Å². The van der Waals surface area contributed by atoms with Gasteiger partial charge in [-0.05, 0) is 38.2 Å². The molecular formula is C11H13F2N3S. The minimum Gasteiger partial charge on any atom is -0.362 e. The number of nitrogens with one attached hydrogen (secondary N) is 2. The number of thiocarbonyl (C=S) groups is 1. The molecule has 0 aliphatic carbocycles. The lowest BCUT2D eigenvalue weighted by atomic mass is 10.1. The van der Waals surface area contributed by atoms with E-state index in [2.05, 4.69) is 15.8 Å². The van der Waals surface area contributed by atoms with Gasteiger partial charge in [0.2, 0.25) is 0 Å². The van der Waals surface area contributed by atoms with Gasteiger partial charge in [-0.1, -0.05) is 6.07 Å². The van der Waals surface area contributed by atoms with Crippen LogP contribution < -0.4 is 10.7 Å². The molecule has 0 unspecified atom stereocenters. The van der Waals surface area contributed by atoms with Crippen LogP contribution in [0.25, 0.3) is 0 Å². The summed E-state index contributed by atoms with van der Waals surface area (Å²) in [5.74, 6) is -1.30. The van der Waals surface area contributed by atoms with Crippen molar-refractivity contribution in [2.24, 2.45) is 5.10 Å². The summed E-state index contributed by atoms with van der Waals surface area (Å²) in [6.45, 7) is 4.03. The monoisotopic (exact) mass is 257 g/mol. The van der Waals surface area contributed by atoms with Gasteiger partial charge >= 0.3 is 0 Å². The molecule has 0 aromatic heterocycles. The standard InChI is InChI=1S/C11H13F2N3S/c1-3-14-11(17)16-15-7(2)10-8(12)5-4-6-9(10)13/h4-6H,3H2,1-2H3,(H2,14,16,17)/b15-7-. The second kappa shape index (κ2) is 6.24. The Hall–Kier alpha value is -1.56. The molecule has 0 spiro atoms. The molecule has 0 fully saturated rings. The van der Waals surface area contributed by atoms with Crippen LogP contribution in [0.2, 0.25) is 0 Å². The summed E-state index contributed by atoms with van der Waals surface area (Å²) in [5.41, 5.74) is 2.55. The first-order valence-electron chi connectivity index (χ1n) is 5.08. The molecule has 92 valence electrons. The average Bonchev–Trinajstić information content (AvgIpc) is 2.26. The number of hydrogen-bond donors (Lipinski definition) is 2. The Kier molecular flexibility index (Phi) is 4.96. The first-order chi connectivity index (χ1) is 8.06. The lowest BCUT2D eigenvalue weighted by Crippen LogP contribution is -2.32. The summed E-state index contributed by atoms with van der Waals surface area (Å²) in [4.78, 5) is 0. The van der Waals surface area contributed by atoms with Gasteiger partial charge in [-0.2, -0.15) is 5.10 Å². The van der Waals surface area contributed by atoms with Gasteiger partial charge in [-0.3, -0.25) is 5.43 Å². The predicted octanol–water partition coefficient (Wildman–Crippen LogP) is 2.17. The van der Waals surface area contributed by atoms with Crippen LogP contribution in [0.3, 0.4) is 0 Å². The summed E-state index contributed by atoms with van der Waals surface area (Å²) in [5, 5.41) is 6.93. The Morgan fingerprint density at radius 2 is 1.94 bits per heavy atom. The van der Waals surface area contributed by atoms with Gasteiger partial charge in [-0.25, -0.2) is 8.78 Å². The van der Waals surface area contributed by atoms with Crippen LogP contribution in [-0.4, -0.2) is 17.4 Å². The third-order valence-corrected chi connectivity index (χ3v) is 2.22. The van der Waals surface area contributed by atoms with Crippen molar-refractivity contribution in [3.05, 3.63) is 35.4 Å². The molecule has 0 atom stereocenters. The molecule has 1 aromatic rings. The van der Waals surface area contributed by atoms with E-state index in [4.69, 9.17) is 12.2 Å². The molecule has 17 heavy (non-hydrogen) atoms. The normalized spacial score (nSPS) is 11.2. The van der Waals surface area contributed by atoms with E-state index in [1.165, 1.54) is 25.1 Å². The molecule has 0 bridgehead atoms. The van der Waals surface area contributed by atoms with Crippen LogP contribution in [0.5, 0.6) is 0 Å². The van der Waals surface area contributed by atoms with Gasteiger partial charge in [0.05, 0.1) is 11.3 Å². The van der Waals surface area contributed by atoms with Crippen molar-refractivity contribution in [3.63, 3.8) is 0 Å². The largest absolute Gasteiger partial charge is 0.362 e. The van der Waals surface area contributed by atoms with Gasteiger partial charge in [0.15, 0.2) is 5.11 Å². The van der Waals surface area contributed by atoms with Gasteiger partial charge in [0.25, 0.3) is 0 Å². The first kappa shape index (κ1) is 13.5. The lowest BCUT2D eigenvalue weighted by Gasteiger charge is -2.07. The van der Waals surface area contributed by atoms with Crippen molar-refractivity contribution >= 4 is 23.0 Å². The van der Waals surface area contributed by atoms with Crippen molar-refractivity contribution in [1.29, 1.82) is 0 Å². The van der Waals surface area contributed by atoms with Crippen LogP contribution in [0, 0.1) is 11.6 Å². The van der Waals surface area contributed by atoms with E-state index in [1.807, 2.05) is 6.92 Å². The SMILES string of the molecule is CCNC(=S)N/N=C(/C)c1c(F)cccc1F. The highest BCUT2D eigenvalue weighted by molar-refractivity contribution is 7.80. The van der Waals surface area contributed by atoms with Crippen LogP contribution >= 0.6 is 12.2 Å². The quantitative estimate of drug-likeness (QED) is 0.495. The number of hydrogen-bond acceptors (Lipinski definition) is 2. The van der Waals surface area contributed by atoms with Crippen molar-refractivity contribution < 1.29 is 8.78 Å². The maximum atomic E-state index is 13.4. The molecule has 3 nitrogen and oxygen atoms in total. The second-order valence-electron chi connectivity index (χ2n) is 3.27. The number of benzene rings is 1. The Bertz CT molecular complexity index is 426. The third kappa shape index (κ3) is 3.74. The van der Waals surface area contributed by atoms with Crippen molar-refractivity contribution in [2.75, 3.05) is 6.54 Å². The third-order valence-electron chi connectivity index (χ3n) is 1.99. The molecule has 1 rings (SSSR count). The van der Waals surface area contributed by atoms with Gasteiger partial charge < -0.3 is 5.32 Å². The smallest absolute Gasteiger partial charge is 0.186 e. The van der Waals surface area contributed by atoms with E-state index < -0.39 is 11.6 Å². The fourth-order valence-electron chi connectivity index (χ4n) is 1.23. The van der Waals surface area contributed by atoms with E-state index in [1.54, 1.807) is 0 Å². The molecule has 0 aliphatic heterocycles. The molecule has 0 saturated heterocycles. The van der Waals surface area contributed by atoms with E-state index >= 15 is 0 Å². The number of nitrogens with zero attached hydrogens (tertiary/aromatic N) is 1. The van der Waals surface area contributed by atoms with Crippen LogP contribution in [0.4, 0.5) is 8.78 Å². The molecular weight excluding hydrogens is 244 g/mol. The zero-order chi connectivity index (χ0) is 12.8. The summed E-state index contributed by atoms with van der Waals surface area (Å²) < 4.78 is 26.8. The molecule has 0 amide bonds. The van der Waals surface area contributed by atoms with E-state index in [0.29, 0.717) is 11.7 Å². The minimum absolute atomic E-state index is 0.153. The van der Waals surface area contributed by atoms with Gasteiger partial charge in [-0.15, -0.1) is 0 Å². The lowest BCUT2D eigenvalue weighted by molar-refractivity contribution is 0.578. The van der Waals surface area contributed by atoms with E-state index in [-0.39, 0.29) is 11.3 Å². The van der Waals surface area contributed by atoms with Crippen molar-refractivity contribution in [1.82, 2.24) is 10.7 Å². The van der Waals surface area contributed by atoms with E-state index in [9.17, 15) is 8.78 Å². The summed E-state index contributed by atoms with van der Waals surface area (Å²) in [7, 11) is 0. The maximum absolute atomic E-state index is 13.4. The molecule has 0 radical (unpaired) electrons. The first-order valence-corrected chi connectivity index (χ1v) is 5.49. The van der Waals surface area contributed by atoms with Crippen molar-refractivity contribution in [3.8, 4) is 0 Å². The highest BCUT2D eigenvalue weighted by atomic mass is 32.1. The number of hydrazone groups is 1. The van der Waals surface area contributed by atoms with Crippen LogP contribution in [0.15, 0.2) is 23.3 Å². The minimum atomic E-state index is -0.651. The highest BCUT2D eigenvalue weighted by Gasteiger charge is 2.11. The fourth-order valence-corrected chi connectivity index (χ4v) is 1.42. The molecule has 0 heterocycles. The number of halogens is 2. The Morgan fingerprint density at radius 3 is 2.47 bits per heavy atom. The Labute approximate surface area is 104 Å². The van der Waals surface area contributed by atoms with Gasteiger partial charge in [0.1, 0.15) is 11.6 Å². The summed E-state index contributed by atoms with van der Waals surface area (Å²) >= 11 is 4.87. The Balaban J connectivity index is 2.85. The summed E-state index contributed by atoms with van der Waals surface area (Å²) in [6, 6.07) is 3.66. The zero-order valence-corrected chi connectivity index (χ0v) is 10.4. The van der Waals surface area contributed by atoms with E-state index in [0.717, 1.165) is 0 Å². The Morgan fingerprint density at radius 1 is 1.35 bits per heavy atom. The van der Waals surface area contributed by atoms with Crippen LogP contribution in [0.1, 0.15) is 19.4 Å². The highest BCUT2D eigenvalue weighted by Crippen LogP contribution is 2.12. The molecule has 0 aliphatic rings. The molecule has 2 N–H and O–H groups in total. The fraction of sp³-hybridized carbons (Fsp3) is 0.273. The molecule has 0 saturated carbocycles. The molecule has 6 heteroatoms. The number of rotatable bonds is 3. The summed E-state index contributed by atoms with van der Waals surface area (Å²) in [6.07, 6.45) is 0. The topological polar surface area (TPSA) is 36.4 Å².